The molecule has 10 rings (SSSR count). The van der Waals surface area contributed by atoms with E-state index in [1.54, 1.807) is 6.20 Å². The van der Waals surface area contributed by atoms with Crippen LogP contribution >= 0.6 is 0 Å². The minimum Gasteiger partial charge on any atom is -0.500 e. The molecule has 0 N–H and O–H groups in total. The second kappa shape index (κ2) is 14.0. The van der Waals surface area contributed by atoms with Crippen LogP contribution < -0.4 is 0 Å². The van der Waals surface area contributed by atoms with Crippen molar-refractivity contribution in [3.05, 3.63) is 182 Å². The molecule has 51 heavy (non-hydrogen) atoms. The van der Waals surface area contributed by atoms with Crippen LogP contribution in [0.2, 0.25) is 0 Å². The maximum absolute atomic E-state index is 6.63. The Morgan fingerprint density at radius 2 is 1.33 bits per heavy atom. The molecule has 0 saturated heterocycles. The van der Waals surface area contributed by atoms with Crippen molar-refractivity contribution in [3.8, 4) is 39.5 Å². The van der Waals surface area contributed by atoms with Crippen molar-refractivity contribution in [1.82, 2.24) is 19.5 Å². The summed E-state index contributed by atoms with van der Waals surface area (Å²) in [7, 11) is 0. The zero-order valence-corrected chi connectivity index (χ0v) is 29.6. The Balaban J connectivity index is 0.000000245. The van der Waals surface area contributed by atoms with E-state index in [4.69, 9.17) is 14.4 Å². The van der Waals surface area contributed by atoms with Crippen molar-refractivity contribution in [2.45, 2.75) is 0 Å². The summed E-state index contributed by atoms with van der Waals surface area (Å²) in [5, 5.41) is 4.38. The van der Waals surface area contributed by atoms with E-state index in [0.29, 0.717) is 5.65 Å². The topological polar surface area (TPSA) is 56.7 Å². The van der Waals surface area contributed by atoms with Crippen LogP contribution in [0, 0.1) is 12.1 Å². The average Bonchev–Trinajstić information content (AvgIpc) is 3.78. The number of imidazole rings is 1. The molecule has 0 saturated carbocycles. The molecule has 4 aromatic heterocycles. The fourth-order valence-corrected chi connectivity index (χ4v) is 6.47. The first kappa shape index (κ1) is 32.0. The molecule has 6 heteroatoms. The number of pyridine rings is 2. The molecule has 4 heterocycles. The summed E-state index contributed by atoms with van der Waals surface area (Å²) in [5.41, 5.74) is 9.24. The van der Waals surface area contributed by atoms with Gasteiger partial charge in [-0.15, -0.1) is 54.1 Å². The third-order valence-corrected chi connectivity index (χ3v) is 8.83. The molecule has 0 unspecified atom stereocenters. The molecule has 6 aromatic carbocycles. The average molecular weight is 833 g/mol. The van der Waals surface area contributed by atoms with Crippen LogP contribution in [0.5, 0.6) is 0 Å². The van der Waals surface area contributed by atoms with Gasteiger partial charge in [0.1, 0.15) is 5.58 Å². The Morgan fingerprint density at radius 3 is 2.14 bits per heavy atom. The number of aromatic nitrogens is 4. The molecule has 0 fully saturated rings. The van der Waals surface area contributed by atoms with E-state index in [2.05, 4.69) is 88.4 Å². The first-order valence-corrected chi connectivity index (χ1v) is 16.4. The molecule has 0 atom stereocenters. The predicted molar refractivity (Wildman–Crippen MR) is 202 cm³/mol. The Bertz CT molecular complexity index is 2710. The molecule has 0 aliphatic carbocycles. The fraction of sp³-hybridized carbons (Fsp3) is 0. The Labute approximate surface area is 308 Å². The van der Waals surface area contributed by atoms with Crippen LogP contribution in [-0.4, -0.2) is 19.5 Å². The molecule has 1 radical (unpaired) electrons. The van der Waals surface area contributed by atoms with Crippen LogP contribution in [0.15, 0.2) is 175 Å². The molecule has 0 aliphatic rings. The number of benzene rings is 6. The van der Waals surface area contributed by atoms with Gasteiger partial charge in [0.25, 0.3) is 0 Å². The van der Waals surface area contributed by atoms with E-state index in [1.807, 2.05) is 97.2 Å². The number of furan rings is 1. The van der Waals surface area contributed by atoms with Gasteiger partial charge in [-0.25, -0.2) is 4.98 Å². The van der Waals surface area contributed by atoms with E-state index in [1.165, 1.54) is 0 Å². The van der Waals surface area contributed by atoms with Gasteiger partial charge in [-0.2, -0.15) is 0 Å². The van der Waals surface area contributed by atoms with Gasteiger partial charge >= 0.3 is 0 Å². The van der Waals surface area contributed by atoms with Crippen LogP contribution in [0.4, 0.5) is 0 Å². The standard InChI is InChI=1S/C34H20N3O.C11H8N.Ir/c1-3-10-22(11-4-1)24-20-30-33(35-21-24)36-34(37(30)25-13-5-2-6-14-25)29-17-9-16-27-28-19-18-23-12-7-8-15-26(23)31(28)38-32(27)29;1-2-6-10(7-3-1)11-8-4-5-9-12-11;/h1-16,18-21H;1-6,8-9H;/q2*-1;. The second-order valence-corrected chi connectivity index (χ2v) is 11.9. The van der Waals surface area contributed by atoms with Crippen molar-refractivity contribution in [3.63, 3.8) is 0 Å². The Morgan fingerprint density at radius 1 is 0.569 bits per heavy atom. The largest absolute Gasteiger partial charge is 0.500 e. The SMILES string of the molecule is [Ir].[c-]1ccc2c(oc3c4ccccc4ccc23)c1-c1nc2ncc(-c3ccccc3)cc2n1-c1ccccc1.[c-]1ccccc1-c1ccccn1. The number of hydrogen-bond acceptors (Lipinski definition) is 4. The summed E-state index contributed by atoms with van der Waals surface area (Å²) in [4.78, 5) is 14.0. The summed E-state index contributed by atoms with van der Waals surface area (Å²) in [5.74, 6) is 0.748. The van der Waals surface area contributed by atoms with E-state index in [0.717, 1.165) is 77.7 Å². The summed E-state index contributed by atoms with van der Waals surface area (Å²) in [6.45, 7) is 0. The van der Waals surface area contributed by atoms with Gasteiger partial charge < -0.3 is 14.0 Å². The van der Waals surface area contributed by atoms with Gasteiger partial charge in [-0.3, -0.25) is 4.98 Å². The van der Waals surface area contributed by atoms with Gasteiger partial charge in [0, 0.05) is 54.5 Å². The van der Waals surface area contributed by atoms with E-state index in [-0.39, 0.29) is 20.1 Å². The zero-order valence-electron chi connectivity index (χ0n) is 27.2. The second-order valence-electron chi connectivity index (χ2n) is 11.9. The van der Waals surface area contributed by atoms with Gasteiger partial charge in [0.2, 0.25) is 0 Å². The van der Waals surface area contributed by atoms with Crippen molar-refractivity contribution < 1.29 is 24.5 Å². The van der Waals surface area contributed by atoms with Crippen LogP contribution in [0.3, 0.4) is 0 Å². The van der Waals surface area contributed by atoms with Crippen molar-refractivity contribution in [1.29, 1.82) is 0 Å². The molecular weight excluding hydrogens is 805 g/mol. The normalized spacial score (nSPS) is 11.0. The minimum atomic E-state index is 0. The molecule has 0 aliphatic heterocycles. The summed E-state index contributed by atoms with van der Waals surface area (Å²) >= 11 is 0. The predicted octanol–water partition coefficient (Wildman–Crippen LogP) is 11.2. The quantitative estimate of drug-likeness (QED) is 0.166. The van der Waals surface area contributed by atoms with Gasteiger partial charge in [-0.1, -0.05) is 108 Å². The van der Waals surface area contributed by atoms with Crippen molar-refractivity contribution >= 4 is 43.9 Å². The van der Waals surface area contributed by atoms with E-state index < -0.39 is 0 Å². The van der Waals surface area contributed by atoms with Gasteiger partial charge in [-0.05, 0) is 40.9 Å². The van der Waals surface area contributed by atoms with Gasteiger partial charge in [0.05, 0.1) is 16.9 Å². The number of fused-ring (bicyclic) bond motifs is 6. The van der Waals surface area contributed by atoms with E-state index >= 15 is 0 Å². The molecule has 245 valence electrons. The number of nitrogens with zero attached hydrogens (tertiary/aromatic N) is 4. The molecule has 10 aromatic rings. The minimum absolute atomic E-state index is 0. The molecule has 0 spiro atoms. The summed E-state index contributed by atoms with van der Waals surface area (Å²) in [6, 6.07) is 59.6. The molecular formula is C45H28IrN4O-2. The van der Waals surface area contributed by atoms with Crippen molar-refractivity contribution in [2.24, 2.45) is 0 Å². The Hall–Kier alpha value is -6.20. The third kappa shape index (κ3) is 6.01. The van der Waals surface area contributed by atoms with Crippen LogP contribution in [0.25, 0.3) is 83.3 Å². The smallest absolute Gasteiger partial charge is 0.168 e. The molecule has 5 nitrogen and oxygen atoms in total. The van der Waals surface area contributed by atoms with E-state index in [9.17, 15) is 0 Å². The van der Waals surface area contributed by atoms with Gasteiger partial charge in [0.15, 0.2) is 5.65 Å². The summed E-state index contributed by atoms with van der Waals surface area (Å²) < 4.78 is 8.78. The maximum Gasteiger partial charge on any atom is 0.168 e. The maximum atomic E-state index is 6.63. The van der Waals surface area contributed by atoms with Crippen molar-refractivity contribution in [2.75, 3.05) is 0 Å². The zero-order chi connectivity index (χ0) is 33.3. The number of rotatable bonds is 4. The number of para-hydroxylation sites is 1. The summed E-state index contributed by atoms with van der Waals surface area (Å²) in [6.07, 6.45) is 3.68. The third-order valence-electron chi connectivity index (χ3n) is 8.83. The van der Waals surface area contributed by atoms with Crippen LogP contribution in [-0.2, 0) is 20.1 Å². The first-order valence-electron chi connectivity index (χ1n) is 16.4. The Kier molecular flexibility index (Phi) is 8.77. The monoisotopic (exact) mass is 833 g/mol. The first-order chi connectivity index (χ1) is 24.8. The number of hydrogen-bond donors (Lipinski definition) is 0. The molecule has 0 bridgehead atoms. The van der Waals surface area contributed by atoms with Crippen LogP contribution in [0.1, 0.15) is 0 Å². The molecule has 0 amide bonds. The fourth-order valence-electron chi connectivity index (χ4n) is 6.47.